The zero-order chi connectivity index (χ0) is 15.9. The van der Waals surface area contributed by atoms with E-state index in [4.69, 9.17) is 4.52 Å². The molecule has 2 heterocycles. The molecule has 4 rings (SSSR count). The van der Waals surface area contributed by atoms with Gasteiger partial charge in [0.15, 0.2) is 5.82 Å². The monoisotopic (exact) mass is 315 g/mol. The largest absolute Gasteiger partial charge is 0.338 e. The summed E-state index contributed by atoms with van der Waals surface area (Å²) in [5, 5.41) is 4.20. The van der Waals surface area contributed by atoms with E-state index in [0.717, 1.165) is 43.7 Å². The van der Waals surface area contributed by atoms with Crippen LogP contribution in [0.4, 0.5) is 4.39 Å². The van der Waals surface area contributed by atoms with Crippen molar-refractivity contribution in [2.45, 2.75) is 37.5 Å². The van der Waals surface area contributed by atoms with Gasteiger partial charge in [0.05, 0.1) is 5.41 Å². The van der Waals surface area contributed by atoms with Crippen LogP contribution in [0.1, 0.15) is 43.0 Å². The summed E-state index contributed by atoms with van der Waals surface area (Å²) in [5.74, 6) is 1.96. The van der Waals surface area contributed by atoms with E-state index in [1.54, 1.807) is 0 Å². The average Bonchev–Trinajstić information content (AvgIpc) is 3.23. The molecule has 4 nitrogen and oxygen atoms in total. The van der Waals surface area contributed by atoms with Gasteiger partial charge in [0, 0.05) is 6.42 Å². The lowest BCUT2D eigenvalue weighted by molar-refractivity contribution is 0.216. The Bertz CT molecular complexity index is 670. The summed E-state index contributed by atoms with van der Waals surface area (Å²) in [6.45, 7) is 2.30. The molecule has 1 aromatic heterocycles. The zero-order valence-corrected chi connectivity index (χ0v) is 13.5. The van der Waals surface area contributed by atoms with E-state index in [1.165, 1.54) is 25.0 Å². The van der Waals surface area contributed by atoms with E-state index in [1.807, 2.05) is 12.1 Å². The number of rotatable bonds is 4. The molecule has 122 valence electrons. The molecule has 0 amide bonds. The van der Waals surface area contributed by atoms with Crippen molar-refractivity contribution >= 4 is 0 Å². The molecule has 5 heteroatoms. The van der Waals surface area contributed by atoms with Gasteiger partial charge in [0.1, 0.15) is 5.82 Å². The number of aromatic nitrogens is 2. The molecule has 0 spiro atoms. The number of benzene rings is 1. The SMILES string of the molecule is CN1CCC(Cc2noc(C3(c4ccc(F)cc4)CC3)n2)CC1. The first-order chi connectivity index (χ1) is 11.2. The van der Waals surface area contributed by atoms with Crippen LogP contribution in [0.25, 0.3) is 0 Å². The molecule has 2 aromatic rings. The van der Waals surface area contributed by atoms with Crippen molar-refractivity contribution in [3.8, 4) is 0 Å². The van der Waals surface area contributed by atoms with Crippen molar-refractivity contribution in [3.63, 3.8) is 0 Å². The fraction of sp³-hybridized carbons (Fsp3) is 0.556. The minimum absolute atomic E-state index is 0.175. The average molecular weight is 315 g/mol. The molecule has 1 saturated carbocycles. The third kappa shape index (κ3) is 2.90. The molecule has 0 bridgehead atoms. The molecule has 1 aromatic carbocycles. The highest BCUT2D eigenvalue weighted by atomic mass is 19.1. The van der Waals surface area contributed by atoms with Crippen LogP contribution < -0.4 is 0 Å². The molecule has 0 unspecified atom stereocenters. The number of likely N-dealkylation sites (tertiary alicyclic amines) is 1. The first-order valence-electron chi connectivity index (χ1n) is 8.43. The predicted molar refractivity (Wildman–Crippen MR) is 84.6 cm³/mol. The quantitative estimate of drug-likeness (QED) is 0.869. The number of piperidine rings is 1. The van der Waals surface area contributed by atoms with E-state index < -0.39 is 0 Å². The lowest BCUT2D eigenvalue weighted by atomic mass is 9.93. The van der Waals surface area contributed by atoms with Gasteiger partial charge in [0.25, 0.3) is 0 Å². The van der Waals surface area contributed by atoms with Crippen LogP contribution in [0.3, 0.4) is 0 Å². The summed E-state index contributed by atoms with van der Waals surface area (Å²) in [7, 11) is 2.17. The van der Waals surface area contributed by atoms with Gasteiger partial charge in [-0.05, 0) is 69.4 Å². The number of nitrogens with zero attached hydrogens (tertiary/aromatic N) is 3. The Labute approximate surface area is 135 Å². The van der Waals surface area contributed by atoms with Crippen molar-refractivity contribution in [1.82, 2.24) is 15.0 Å². The Hall–Kier alpha value is -1.75. The standard InChI is InChI=1S/C18H22FN3O/c1-22-10-6-13(7-11-22)12-16-20-17(23-21-16)18(8-9-18)14-2-4-15(19)5-3-14/h2-5,13H,6-12H2,1H3. The van der Waals surface area contributed by atoms with Gasteiger partial charge < -0.3 is 9.42 Å². The van der Waals surface area contributed by atoms with E-state index in [2.05, 4.69) is 22.1 Å². The maximum atomic E-state index is 13.1. The molecular weight excluding hydrogens is 293 g/mol. The lowest BCUT2D eigenvalue weighted by Crippen LogP contribution is -2.31. The minimum Gasteiger partial charge on any atom is -0.338 e. The first-order valence-corrected chi connectivity index (χ1v) is 8.43. The van der Waals surface area contributed by atoms with Crippen LogP contribution in [0, 0.1) is 11.7 Å². The van der Waals surface area contributed by atoms with Crippen molar-refractivity contribution in [2.75, 3.05) is 20.1 Å². The normalized spacial score (nSPS) is 21.5. The summed E-state index contributed by atoms with van der Waals surface area (Å²) in [4.78, 5) is 7.04. The van der Waals surface area contributed by atoms with Gasteiger partial charge >= 0.3 is 0 Å². The van der Waals surface area contributed by atoms with Crippen molar-refractivity contribution in [1.29, 1.82) is 0 Å². The van der Waals surface area contributed by atoms with Gasteiger partial charge in [-0.2, -0.15) is 4.98 Å². The second-order valence-corrected chi connectivity index (χ2v) is 7.06. The second-order valence-electron chi connectivity index (χ2n) is 7.06. The molecular formula is C18H22FN3O. The third-order valence-electron chi connectivity index (χ3n) is 5.33. The van der Waals surface area contributed by atoms with Gasteiger partial charge in [-0.1, -0.05) is 17.3 Å². The molecule has 1 aliphatic heterocycles. The highest BCUT2D eigenvalue weighted by Gasteiger charge is 2.51. The van der Waals surface area contributed by atoms with Crippen LogP contribution in [0.15, 0.2) is 28.8 Å². The van der Waals surface area contributed by atoms with E-state index in [9.17, 15) is 4.39 Å². The first kappa shape index (κ1) is 14.8. The highest BCUT2D eigenvalue weighted by molar-refractivity contribution is 5.38. The maximum absolute atomic E-state index is 13.1. The van der Waals surface area contributed by atoms with Crippen LogP contribution in [0.2, 0.25) is 0 Å². The summed E-state index contributed by atoms with van der Waals surface area (Å²) < 4.78 is 18.7. The molecule has 1 saturated heterocycles. The van der Waals surface area contributed by atoms with Crippen LogP contribution in [-0.2, 0) is 11.8 Å². The van der Waals surface area contributed by atoms with Crippen molar-refractivity contribution < 1.29 is 8.91 Å². The summed E-state index contributed by atoms with van der Waals surface area (Å²) >= 11 is 0. The highest BCUT2D eigenvalue weighted by Crippen LogP contribution is 2.52. The Morgan fingerprint density at radius 3 is 2.57 bits per heavy atom. The summed E-state index contributed by atoms with van der Waals surface area (Å²) in [6.07, 6.45) is 5.28. The Kier molecular flexibility index (Phi) is 3.68. The van der Waals surface area contributed by atoms with E-state index in [0.29, 0.717) is 11.8 Å². The van der Waals surface area contributed by atoms with Crippen LogP contribution in [0.5, 0.6) is 0 Å². The maximum Gasteiger partial charge on any atom is 0.237 e. The van der Waals surface area contributed by atoms with E-state index >= 15 is 0 Å². The number of hydrogen-bond donors (Lipinski definition) is 0. The Balaban J connectivity index is 1.48. The molecule has 1 aliphatic carbocycles. The fourth-order valence-electron chi connectivity index (χ4n) is 3.58. The molecule has 2 fully saturated rings. The summed E-state index contributed by atoms with van der Waals surface area (Å²) in [6, 6.07) is 6.68. The van der Waals surface area contributed by atoms with Gasteiger partial charge in [-0.3, -0.25) is 0 Å². The Morgan fingerprint density at radius 2 is 1.91 bits per heavy atom. The zero-order valence-electron chi connectivity index (χ0n) is 13.5. The van der Waals surface area contributed by atoms with Gasteiger partial charge in [-0.25, -0.2) is 4.39 Å². The van der Waals surface area contributed by atoms with Gasteiger partial charge in [-0.15, -0.1) is 0 Å². The predicted octanol–water partition coefficient (Wildman–Crippen LogP) is 3.17. The lowest BCUT2D eigenvalue weighted by Gasteiger charge is -2.28. The molecule has 2 aliphatic rings. The van der Waals surface area contributed by atoms with Crippen LogP contribution in [-0.4, -0.2) is 35.2 Å². The molecule has 0 N–H and O–H groups in total. The second kappa shape index (κ2) is 5.71. The minimum atomic E-state index is -0.210. The van der Waals surface area contributed by atoms with Gasteiger partial charge in [0.2, 0.25) is 5.89 Å². The number of halogens is 1. The fourth-order valence-corrected chi connectivity index (χ4v) is 3.58. The van der Waals surface area contributed by atoms with E-state index in [-0.39, 0.29) is 11.2 Å². The number of hydrogen-bond acceptors (Lipinski definition) is 4. The summed E-state index contributed by atoms with van der Waals surface area (Å²) in [5.41, 5.74) is 0.902. The topological polar surface area (TPSA) is 42.2 Å². The van der Waals surface area contributed by atoms with Crippen molar-refractivity contribution in [3.05, 3.63) is 47.4 Å². The van der Waals surface area contributed by atoms with Crippen molar-refractivity contribution in [2.24, 2.45) is 5.92 Å². The smallest absolute Gasteiger partial charge is 0.237 e. The Morgan fingerprint density at radius 1 is 1.22 bits per heavy atom. The van der Waals surface area contributed by atoms with Crippen LogP contribution >= 0.6 is 0 Å². The molecule has 23 heavy (non-hydrogen) atoms. The molecule has 0 atom stereocenters. The third-order valence-corrected chi connectivity index (χ3v) is 5.33. The molecule has 0 radical (unpaired) electrons.